The zero-order valence-corrected chi connectivity index (χ0v) is 8.87. The molecule has 0 heterocycles. The third kappa shape index (κ3) is 3.10. The molecule has 0 saturated heterocycles. The number of benzene rings is 1. The highest BCUT2D eigenvalue weighted by atomic mass is 16.6. The SMILES string of the molecule is CONCc1cccc(C(C)(C)O)c1. The normalized spacial score (nSPS) is 11.7. The molecule has 2 N–H and O–H groups in total. The molecule has 78 valence electrons. The summed E-state index contributed by atoms with van der Waals surface area (Å²) in [5, 5.41) is 9.79. The summed E-state index contributed by atoms with van der Waals surface area (Å²) in [4.78, 5) is 4.76. The quantitative estimate of drug-likeness (QED) is 0.716. The molecule has 1 aromatic rings. The van der Waals surface area contributed by atoms with Crippen LogP contribution in [0.1, 0.15) is 25.0 Å². The Labute approximate surface area is 84.7 Å². The molecule has 0 aliphatic carbocycles. The maximum Gasteiger partial charge on any atom is 0.0840 e. The molecule has 3 nitrogen and oxygen atoms in total. The molecule has 0 atom stereocenters. The Balaban J connectivity index is 2.79. The topological polar surface area (TPSA) is 41.5 Å². The number of hydroxylamine groups is 1. The highest BCUT2D eigenvalue weighted by Crippen LogP contribution is 2.20. The van der Waals surface area contributed by atoms with Gasteiger partial charge in [-0.25, -0.2) is 0 Å². The molecule has 0 saturated carbocycles. The molecule has 1 aromatic carbocycles. The molecule has 14 heavy (non-hydrogen) atoms. The molecule has 0 aliphatic heterocycles. The van der Waals surface area contributed by atoms with Crippen molar-refractivity contribution in [3.05, 3.63) is 35.4 Å². The summed E-state index contributed by atoms with van der Waals surface area (Å²) in [5.74, 6) is 0. The van der Waals surface area contributed by atoms with Gasteiger partial charge in [0.1, 0.15) is 0 Å². The summed E-state index contributed by atoms with van der Waals surface area (Å²) < 4.78 is 0. The van der Waals surface area contributed by atoms with Crippen molar-refractivity contribution in [1.82, 2.24) is 5.48 Å². The summed E-state index contributed by atoms with van der Waals surface area (Å²) in [6.45, 7) is 4.19. The van der Waals surface area contributed by atoms with E-state index < -0.39 is 5.60 Å². The van der Waals surface area contributed by atoms with E-state index in [4.69, 9.17) is 4.84 Å². The zero-order valence-electron chi connectivity index (χ0n) is 8.87. The molecule has 0 radical (unpaired) electrons. The van der Waals surface area contributed by atoms with Crippen molar-refractivity contribution < 1.29 is 9.94 Å². The summed E-state index contributed by atoms with van der Waals surface area (Å²) >= 11 is 0. The van der Waals surface area contributed by atoms with Gasteiger partial charge in [-0.15, -0.1) is 0 Å². The fraction of sp³-hybridized carbons (Fsp3) is 0.455. The third-order valence-corrected chi connectivity index (χ3v) is 2.05. The molecule has 0 unspecified atom stereocenters. The average molecular weight is 195 g/mol. The number of rotatable bonds is 4. The number of hydrogen-bond donors (Lipinski definition) is 2. The lowest BCUT2D eigenvalue weighted by molar-refractivity contribution is 0.0774. The average Bonchev–Trinajstić information content (AvgIpc) is 2.14. The van der Waals surface area contributed by atoms with E-state index in [1.165, 1.54) is 0 Å². The first-order valence-corrected chi connectivity index (χ1v) is 4.61. The minimum Gasteiger partial charge on any atom is -0.386 e. The van der Waals surface area contributed by atoms with Crippen LogP contribution in [-0.2, 0) is 17.0 Å². The highest BCUT2D eigenvalue weighted by Gasteiger charge is 2.15. The van der Waals surface area contributed by atoms with Crippen molar-refractivity contribution in [1.29, 1.82) is 0 Å². The van der Waals surface area contributed by atoms with Gasteiger partial charge in [0.15, 0.2) is 0 Å². The molecule has 0 fully saturated rings. The Hall–Kier alpha value is -0.900. The second-order valence-corrected chi connectivity index (χ2v) is 3.78. The van der Waals surface area contributed by atoms with Crippen molar-refractivity contribution >= 4 is 0 Å². The van der Waals surface area contributed by atoms with Gasteiger partial charge in [0.25, 0.3) is 0 Å². The van der Waals surface area contributed by atoms with E-state index >= 15 is 0 Å². The molecule has 0 aliphatic rings. The van der Waals surface area contributed by atoms with Crippen LogP contribution in [0.4, 0.5) is 0 Å². The first-order chi connectivity index (χ1) is 6.54. The van der Waals surface area contributed by atoms with E-state index in [1.54, 1.807) is 21.0 Å². The Bertz CT molecular complexity index is 292. The Morgan fingerprint density at radius 3 is 2.71 bits per heavy atom. The maximum absolute atomic E-state index is 9.79. The van der Waals surface area contributed by atoms with Crippen molar-refractivity contribution in [2.24, 2.45) is 0 Å². The van der Waals surface area contributed by atoms with Crippen molar-refractivity contribution in [2.75, 3.05) is 7.11 Å². The first-order valence-electron chi connectivity index (χ1n) is 4.61. The predicted octanol–water partition coefficient (Wildman–Crippen LogP) is 1.56. The lowest BCUT2D eigenvalue weighted by atomic mass is 9.97. The summed E-state index contributed by atoms with van der Waals surface area (Å²) in [6, 6.07) is 7.80. The van der Waals surface area contributed by atoms with Gasteiger partial charge in [0.05, 0.1) is 12.7 Å². The van der Waals surface area contributed by atoms with Crippen LogP contribution < -0.4 is 5.48 Å². The first kappa shape index (κ1) is 11.2. The summed E-state index contributed by atoms with van der Waals surface area (Å²) in [7, 11) is 1.58. The van der Waals surface area contributed by atoms with E-state index in [0.29, 0.717) is 6.54 Å². The number of hydrogen-bond acceptors (Lipinski definition) is 3. The van der Waals surface area contributed by atoms with Gasteiger partial charge < -0.3 is 9.94 Å². The molecule has 0 amide bonds. The van der Waals surface area contributed by atoms with Gasteiger partial charge >= 0.3 is 0 Å². The van der Waals surface area contributed by atoms with Gasteiger partial charge in [0.2, 0.25) is 0 Å². The standard InChI is InChI=1S/C11H17NO2/c1-11(2,13)10-6-4-5-9(7-10)8-12-14-3/h4-7,12-13H,8H2,1-3H3. The predicted molar refractivity (Wildman–Crippen MR) is 55.5 cm³/mol. The molecular weight excluding hydrogens is 178 g/mol. The van der Waals surface area contributed by atoms with Crippen LogP contribution in [0.15, 0.2) is 24.3 Å². The monoisotopic (exact) mass is 195 g/mol. The van der Waals surface area contributed by atoms with Gasteiger partial charge in [-0.3, -0.25) is 0 Å². The maximum atomic E-state index is 9.79. The molecular formula is C11H17NO2. The Morgan fingerprint density at radius 2 is 2.14 bits per heavy atom. The van der Waals surface area contributed by atoms with Crippen LogP contribution in [0.3, 0.4) is 0 Å². The Morgan fingerprint density at radius 1 is 1.43 bits per heavy atom. The summed E-state index contributed by atoms with van der Waals surface area (Å²) in [6.07, 6.45) is 0. The molecule has 3 heteroatoms. The van der Waals surface area contributed by atoms with Gasteiger partial charge in [0, 0.05) is 6.54 Å². The van der Waals surface area contributed by atoms with Crippen molar-refractivity contribution in [3.8, 4) is 0 Å². The van der Waals surface area contributed by atoms with Crippen molar-refractivity contribution in [2.45, 2.75) is 26.0 Å². The lowest BCUT2D eigenvalue weighted by Crippen LogP contribution is -2.17. The second kappa shape index (κ2) is 4.55. The van der Waals surface area contributed by atoms with Crippen LogP contribution in [0, 0.1) is 0 Å². The van der Waals surface area contributed by atoms with E-state index in [0.717, 1.165) is 11.1 Å². The zero-order chi connectivity index (χ0) is 10.6. The minimum atomic E-state index is -0.789. The van der Waals surface area contributed by atoms with E-state index in [2.05, 4.69) is 5.48 Å². The number of nitrogens with one attached hydrogen (secondary N) is 1. The van der Waals surface area contributed by atoms with Crippen LogP contribution in [0.25, 0.3) is 0 Å². The Kier molecular flexibility index (Phi) is 3.63. The minimum absolute atomic E-state index is 0.639. The van der Waals surface area contributed by atoms with Gasteiger partial charge in [-0.1, -0.05) is 24.3 Å². The fourth-order valence-corrected chi connectivity index (χ4v) is 1.22. The number of aliphatic hydroxyl groups is 1. The van der Waals surface area contributed by atoms with Crippen LogP contribution in [0.2, 0.25) is 0 Å². The van der Waals surface area contributed by atoms with Gasteiger partial charge in [-0.05, 0) is 25.0 Å². The van der Waals surface area contributed by atoms with Crippen LogP contribution in [0.5, 0.6) is 0 Å². The van der Waals surface area contributed by atoms with E-state index in [-0.39, 0.29) is 0 Å². The summed E-state index contributed by atoms with van der Waals surface area (Å²) in [5.41, 5.74) is 3.97. The van der Waals surface area contributed by atoms with E-state index in [9.17, 15) is 5.11 Å². The molecule has 0 spiro atoms. The largest absolute Gasteiger partial charge is 0.386 e. The smallest absolute Gasteiger partial charge is 0.0840 e. The third-order valence-electron chi connectivity index (χ3n) is 2.05. The fourth-order valence-electron chi connectivity index (χ4n) is 1.22. The van der Waals surface area contributed by atoms with Crippen LogP contribution >= 0.6 is 0 Å². The molecule has 1 rings (SSSR count). The molecule has 0 aromatic heterocycles. The van der Waals surface area contributed by atoms with Crippen LogP contribution in [-0.4, -0.2) is 12.2 Å². The lowest BCUT2D eigenvalue weighted by Gasteiger charge is -2.18. The van der Waals surface area contributed by atoms with Crippen molar-refractivity contribution in [3.63, 3.8) is 0 Å². The second-order valence-electron chi connectivity index (χ2n) is 3.78. The van der Waals surface area contributed by atoms with Gasteiger partial charge in [-0.2, -0.15) is 5.48 Å². The van der Waals surface area contributed by atoms with E-state index in [1.807, 2.05) is 24.3 Å². The molecule has 0 bridgehead atoms. The highest BCUT2D eigenvalue weighted by molar-refractivity contribution is 5.27.